The van der Waals surface area contributed by atoms with Crippen LogP contribution < -0.4 is 0 Å². The predicted octanol–water partition coefficient (Wildman–Crippen LogP) is 4.09. The maximum atomic E-state index is 12.3. The number of carbonyl (C=O) groups is 1. The Morgan fingerprint density at radius 2 is 2.06 bits per heavy atom. The molecule has 0 fully saturated rings. The quantitative estimate of drug-likeness (QED) is 0.673. The standard InChI is InChI=1S/C14H11NOS2/c1-9-7-18-14(15-9)6-12(16)11-8-17-13-5-3-2-4-10(11)13/h2-5,7-8H,6H2,1H3. The van der Waals surface area contributed by atoms with E-state index in [9.17, 15) is 4.79 Å². The van der Waals surface area contributed by atoms with E-state index < -0.39 is 0 Å². The summed E-state index contributed by atoms with van der Waals surface area (Å²) in [6, 6.07) is 8.02. The lowest BCUT2D eigenvalue weighted by molar-refractivity contribution is 0.0995. The van der Waals surface area contributed by atoms with Gasteiger partial charge in [-0.25, -0.2) is 4.98 Å². The summed E-state index contributed by atoms with van der Waals surface area (Å²) < 4.78 is 1.16. The third kappa shape index (κ3) is 2.09. The molecular formula is C14H11NOS2. The molecule has 0 aliphatic rings. The van der Waals surface area contributed by atoms with Crippen LogP contribution in [-0.4, -0.2) is 10.8 Å². The molecule has 1 aromatic carbocycles. The van der Waals surface area contributed by atoms with E-state index in [1.165, 1.54) is 0 Å². The second-order valence-electron chi connectivity index (χ2n) is 4.13. The molecule has 2 nitrogen and oxygen atoms in total. The lowest BCUT2D eigenvalue weighted by atomic mass is 10.1. The molecule has 0 saturated heterocycles. The molecule has 0 saturated carbocycles. The highest BCUT2D eigenvalue weighted by Crippen LogP contribution is 2.27. The lowest BCUT2D eigenvalue weighted by Gasteiger charge is -1.96. The van der Waals surface area contributed by atoms with E-state index in [-0.39, 0.29) is 5.78 Å². The van der Waals surface area contributed by atoms with Gasteiger partial charge in [-0.05, 0) is 13.0 Å². The Hall–Kier alpha value is -1.52. The largest absolute Gasteiger partial charge is 0.294 e. The SMILES string of the molecule is Cc1csc(CC(=O)c2csc3ccccc23)n1. The highest BCUT2D eigenvalue weighted by Gasteiger charge is 2.13. The number of rotatable bonds is 3. The number of fused-ring (bicyclic) bond motifs is 1. The first-order valence-electron chi connectivity index (χ1n) is 5.64. The second kappa shape index (κ2) is 4.63. The summed E-state index contributed by atoms with van der Waals surface area (Å²) in [5.41, 5.74) is 1.81. The number of ketones is 1. The molecular weight excluding hydrogens is 262 g/mol. The summed E-state index contributed by atoms with van der Waals surface area (Å²) in [6.45, 7) is 1.95. The lowest BCUT2D eigenvalue weighted by Crippen LogP contribution is -2.02. The molecule has 2 heterocycles. The van der Waals surface area contributed by atoms with Crippen LogP contribution in [0, 0.1) is 6.92 Å². The molecule has 0 radical (unpaired) electrons. The first kappa shape index (κ1) is 11.6. The summed E-state index contributed by atoms with van der Waals surface area (Å²) in [5, 5.41) is 5.88. The Kier molecular flexibility index (Phi) is 2.97. The molecule has 0 atom stereocenters. The van der Waals surface area contributed by atoms with E-state index in [1.54, 1.807) is 22.7 Å². The van der Waals surface area contributed by atoms with Crippen molar-refractivity contribution in [1.29, 1.82) is 0 Å². The minimum Gasteiger partial charge on any atom is -0.294 e. The number of aryl methyl sites for hydroxylation is 1. The molecule has 0 aliphatic carbocycles. The summed E-state index contributed by atoms with van der Waals surface area (Å²) in [4.78, 5) is 16.6. The Morgan fingerprint density at radius 1 is 1.22 bits per heavy atom. The van der Waals surface area contributed by atoms with Gasteiger partial charge in [0.2, 0.25) is 0 Å². The van der Waals surface area contributed by atoms with E-state index >= 15 is 0 Å². The summed E-state index contributed by atoms with van der Waals surface area (Å²) >= 11 is 3.17. The average molecular weight is 273 g/mol. The minimum atomic E-state index is 0.154. The van der Waals surface area contributed by atoms with E-state index in [0.717, 1.165) is 26.4 Å². The van der Waals surface area contributed by atoms with E-state index in [4.69, 9.17) is 0 Å². The molecule has 0 unspecified atom stereocenters. The first-order chi connectivity index (χ1) is 8.74. The molecule has 18 heavy (non-hydrogen) atoms. The van der Waals surface area contributed by atoms with Crippen LogP contribution in [-0.2, 0) is 6.42 Å². The van der Waals surface area contributed by atoms with Crippen molar-refractivity contribution in [3.05, 3.63) is 51.3 Å². The molecule has 4 heteroatoms. The number of aromatic nitrogens is 1. The predicted molar refractivity (Wildman–Crippen MR) is 76.7 cm³/mol. The zero-order chi connectivity index (χ0) is 12.5. The number of thiazole rings is 1. The van der Waals surface area contributed by atoms with Gasteiger partial charge in [-0.3, -0.25) is 4.79 Å². The van der Waals surface area contributed by atoms with Crippen molar-refractivity contribution in [2.24, 2.45) is 0 Å². The number of nitrogens with zero attached hydrogens (tertiary/aromatic N) is 1. The Bertz CT molecular complexity index is 711. The monoisotopic (exact) mass is 273 g/mol. The van der Waals surface area contributed by atoms with Crippen molar-refractivity contribution >= 4 is 38.5 Å². The number of hydrogen-bond donors (Lipinski definition) is 0. The molecule has 0 spiro atoms. The molecule has 0 amide bonds. The van der Waals surface area contributed by atoms with Crippen LogP contribution in [0.15, 0.2) is 35.0 Å². The molecule has 90 valence electrons. The van der Waals surface area contributed by atoms with Crippen LogP contribution in [0.3, 0.4) is 0 Å². The maximum Gasteiger partial charge on any atom is 0.171 e. The van der Waals surface area contributed by atoms with Crippen molar-refractivity contribution in [1.82, 2.24) is 4.98 Å². The zero-order valence-corrected chi connectivity index (χ0v) is 11.5. The van der Waals surface area contributed by atoms with Crippen LogP contribution >= 0.6 is 22.7 Å². The Labute approximate surface area is 113 Å². The molecule has 3 aromatic rings. The third-order valence-corrected chi connectivity index (χ3v) is 4.69. The molecule has 0 N–H and O–H groups in total. The van der Waals surface area contributed by atoms with Gasteiger partial charge in [0.25, 0.3) is 0 Å². The van der Waals surface area contributed by atoms with Crippen LogP contribution in [0.2, 0.25) is 0 Å². The van der Waals surface area contributed by atoms with Gasteiger partial charge in [0.05, 0.1) is 6.42 Å². The van der Waals surface area contributed by atoms with Crippen molar-refractivity contribution in [2.45, 2.75) is 13.3 Å². The summed E-state index contributed by atoms with van der Waals surface area (Å²) in [6.07, 6.45) is 0.402. The van der Waals surface area contributed by atoms with E-state index in [2.05, 4.69) is 4.98 Å². The van der Waals surface area contributed by atoms with Crippen molar-refractivity contribution in [3.63, 3.8) is 0 Å². The zero-order valence-electron chi connectivity index (χ0n) is 9.84. The Balaban J connectivity index is 1.92. The second-order valence-corrected chi connectivity index (χ2v) is 5.98. The molecule has 2 aromatic heterocycles. The topological polar surface area (TPSA) is 30.0 Å². The van der Waals surface area contributed by atoms with Crippen LogP contribution in [0.5, 0.6) is 0 Å². The van der Waals surface area contributed by atoms with Crippen LogP contribution in [0.1, 0.15) is 21.1 Å². The van der Waals surface area contributed by atoms with Gasteiger partial charge in [-0.1, -0.05) is 18.2 Å². The molecule has 3 rings (SSSR count). The molecule has 0 aliphatic heterocycles. The molecule has 0 bridgehead atoms. The fourth-order valence-corrected chi connectivity index (χ4v) is 3.65. The van der Waals surface area contributed by atoms with Crippen molar-refractivity contribution < 1.29 is 4.79 Å². The van der Waals surface area contributed by atoms with Gasteiger partial charge in [0, 0.05) is 32.1 Å². The maximum absolute atomic E-state index is 12.3. The summed E-state index contributed by atoms with van der Waals surface area (Å²) in [5.74, 6) is 0.154. The highest BCUT2D eigenvalue weighted by molar-refractivity contribution is 7.17. The number of carbonyl (C=O) groups excluding carboxylic acids is 1. The number of benzene rings is 1. The van der Waals surface area contributed by atoms with Gasteiger partial charge in [0.1, 0.15) is 5.01 Å². The van der Waals surface area contributed by atoms with Crippen LogP contribution in [0.25, 0.3) is 10.1 Å². The van der Waals surface area contributed by atoms with Gasteiger partial charge in [-0.2, -0.15) is 0 Å². The summed E-state index contributed by atoms with van der Waals surface area (Å²) in [7, 11) is 0. The van der Waals surface area contributed by atoms with Gasteiger partial charge in [0.15, 0.2) is 5.78 Å². The van der Waals surface area contributed by atoms with Gasteiger partial charge in [-0.15, -0.1) is 22.7 Å². The number of hydrogen-bond acceptors (Lipinski definition) is 4. The first-order valence-corrected chi connectivity index (χ1v) is 7.40. The fraction of sp³-hybridized carbons (Fsp3) is 0.143. The minimum absolute atomic E-state index is 0.154. The van der Waals surface area contributed by atoms with Gasteiger partial charge < -0.3 is 0 Å². The van der Waals surface area contributed by atoms with Gasteiger partial charge >= 0.3 is 0 Å². The fourth-order valence-electron chi connectivity index (χ4n) is 1.91. The number of thiophene rings is 1. The Morgan fingerprint density at radius 3 is 2.83 bits per heavy atom. The third-order valence-electron chi connectivity index (χ3n) is 2.76. The van der Waals surface area contributed by atoms with Crippen LogP contribution in [0.4, 0.5) is 0 Å². The average Bonchev–Trinajstić information content (AvgIpc) is 2.95. The normalized spacial score (nSPS) is 10.9. The van der Waals surface area contributed by atoms with E-state index in [1.807, 2.05) is 41.9 Å². The number of Topliss-reactive ketones (excluding diaryl/α,β-unsaturated/α-hetero) is 1. The van der Waals surface area contributed by atoms with Crippen molar-refractivity contribution in [3.8, 4) is 0 Å². The smallest absolute Gasteiger partial charge is 0.171 e. The highest BCUT2D eigenvalue weighted by atomic mass is 32.1. The van der Waals surface area contributed by atoms with E-state index in [0.29, 0.717) is 6.42 Å². The van der Waals surface area contributed by atoms with Crippen molar-refractivity contribution in [2.75, 3.05) is 0 Å².